The van der Waals surface area contributed by atoms with Gasteiger partial charge < -0.3 is 20.5 Å². The molecular formula is C15H16N4O2. The molecule has 108 valence electrons. The number of anilines is 1. The van der Waals surface area contributed by atoms with Gasteiger partial charge in [-0.3, -0.25) is 4.98 Å². The van der Waals surface area contributed by atoms with Crippen molar-refractivity contribution in [3.05, 3.63) is 42.6 Å². The Hall–Kier alpha value is -2.44. The molecule has 0 radical (unpaired) electrons. The maximum absolute atomic E-state index is 9.34. The van der Waals surface area contributed by atoms with E-state index in [2.05, 4.69) is 20.3 Å². The van der Waals surface area contributed by atoms with E-state index in [0.29, 0.717) is 6.54 Å². The maximum Gasteiger partial charge on any atom is 0.157 e. The van der Waals surface area contributed by atoms with Crippen molar-refractivity contribution in [3.8, 4) is 11.5 Å². The van der Waals surface area contributed by atoms with Crippen molar-refractivity contribution in [1.29, 1.82) is 0 Å². The summed E-state index contributed by atoms with van der Waals surface area (Å²) in [6.07, 6.45) is 0.956. The number of aromatic amines is 1. The molecule has 0 aliphatic carbocycles. The van der Waals surface area contributed by atoms with Gasteiger partial charge in [-0.15, -0.1) is 0 Å². The summed E-state index contributed by atoms with van der Waals surface area (Å²) >= 11 is 0. The van der Waals surface area contributed by atoms with Crippen molar-refractivity contribution in [2.24, 2.45) is 0 Å². The van der Waals surface area contributed by atoms with Gasteiger partial charge in [0, 0.05) is 18.4 Å². The van der Waals surface area contributed by atoms with Crippen LogP contribution in [0.5, 0.6) is 0 Å². The van der Waals surface area contributed by atoms with Gasteiger partial charge in [0.15, 0.2) is 5.82 Å². The van der Waals surface area contributed by atoms with Crippen LogP contribution in [0, 0.1) is 0 Å². The van der Waals surface area contributed by atoms with Gasteiger partial charge in [-0.2, -0.15) is 0 Å². The molecule has 21 heavy (non-hydrogen) atoms. The van der Waals surface area contributed by atoms with Crippen molar-refractivity contribution in [3.63, 3.8) is 0 Å². The summed E-state index contributed by atoms with van der Waals surface area (Å²) < 4.78 is 0. The lowest BCUT2D eigenvalue weighted by atomic mass is 10.2. The second-order valence-electron chi connectivity index (χ2n) is 4.75. The monoisotopic (exact) mass is 284 g/mol. The number of aliphatic hydroxyl groups excluding tert-OH is 2. The second-order valence-corrected chi connectivity index (χ2v) is 4.75. The summed E-state index contributed by atoms with van der Waals surface area (Å²) in [4.78, 5) is 12.0. The second kappa shape index (κ2) is 5.90. The number of hydrogen-bond acceptors (Lipinski definition) is 5. The summed E-state index contributed by atoms with van der Waals surface area (Å²) in [5, 5.41) is 21.2. The minimum absolute atomic E-state index is 0.261. The van der Waals surface area contributed by atoms with Crippen LogP contribution in [0.2, 0.25) is 0 Å². The first kappa shape index (κ1) is 13.5. The summed E-state index contributed by atoms with van der Waals surface area (Å²) in [6.45, 7) is 0.0341. The van der Waals surface area contributed by atoms with E-state index in [0.717, 1.165) is 28.2 Å². The molecule has 0 fully saturated rings. The fourth-order valence-corrected chi connectivity index (χ4v) is 2.04. The largest absolute Gasteiger partial charge is 0.394 e. The van der Waals surface area contributed by atoms with Crippen molar-refractivity contribution in [1.82, 2.24) is 15.0 Å². The fourth-order valence-electron chi connectivity index (χ4n) is 2.04. The molecule has 3 aromatic rings. The van der Waals surface area contributed by atoms with Gasteiger partial charge >= 0.3 is 0 Å². The third-order valence-electron chi connectivity index (χ3n) is 3.14. The van der Waals surface area contributed by atoms with Gasteiger partial charge in [0.1, 0.15) is 5.69 Å². The number of nitrogens with one attached hydrogen (secondary N) is 2. The van der Waals surface area contributed by atoms with Gasteiger partial charge in [0.05, 0.1) is 23.7 Å². The molecule has 0 aliphatic heterocycles. The number of hydrogen-bond donors (Lipinski definition) is 4. The molecule has 0 spiro atoms. The Kier molecular flexibility index (Phi) is 3.81. The number of imidazole rings is 1. The fraction of sp³-hybridized carbons (Fsp3) is 0.200. The highest BCUT2D eigenvalue weighted by atomic mass is 16.3. The summed E-state index contributed by atoms with van der Waals surface area (Å²) in [6, 6.07) is 11.4. The normalized spacial score (nSPS) is 12.5. The van der Waals surface area contributed by atoms with E-state index in [4.69, 9.17) is 5.11 Å². The van der Waals surface area contributed by atoms with E-state index in [-0.39, 0.29) is 6.61 Å². The molecule has 1 atom stereocenters. The first-order chi connectivity index (χ1) is 10.3. The van der Waals surface area contributed by atoms with Crippen LogP contribution < -0.4 is 5.32 Å². The Morgan fingerprint density at radius 2 is 2.14 bits per heavy atom. The topological polar surface area (TPSA) is 94.1 Å². The van der Waals surface area contributed by atoms with Crippen molar-refractivity contribution < 1.29 is 10.2 Å². The number of pyridine rings is 1. The zero-order valence-corrected chi connectivity index (χ0v) is 11.3. The maximum atomic E-state index is 9.34. The van der Waals surface area contributed by atoms with Gasteiger partial charge in [0.2, 0.25) is 0 Å². The van der Waals surface area contributed by atoms with E-state index in [1.807, 2.05) is 36.4 Å². The summed E-state index contributed by atoms with van der Waals surface area (Å²) in [7, 11) is 0. The van der Waals surface area contributed by atoms with Gasteiger partial charge in [-0.25, -0.2) is 4.98 Å². The predicted octanol–water partition coefficient (Wildman–Crippen LogP) is 1.39. The third kappa shape index (κ3) is 3.01. The Morgan fingerprint density at radius 1 is 1.24 bits per heavy atom. The minimum Gasteiger partial charge on any atom is -0.394 e. The molecular weight excluding hydrogens is 268 g/mol. The average Bonchev–Trinajstić information content (AvgIpc) is 2.96. The summed E-state index contributed by atoms with van der Waals surface area (Å²) in [5.41, 5.74) is 3.38. The molecule has 0 saturated heterocycles. The molecule has 6 nitrogen and oxygen atoms in total. The lowest BCUT2D eigenvalue weighted by Crippen LogP contribution is -2.22. The molecule has 0 aliphatic rings. The Balaban J connectivity index is 1.85. The smallest absolute Gasteiger partial charge is 0.157 e. The lowest BCUT2D eigenvalue weighted by molar-refractivity contribution is 0.105. The van der Waals surface area contributed by atoms with Crippen LogP contribution in [-0.2, 0) is 0 Å². The van der Waals surface area contributed by atoms with Crippen molar-refractivity contribution in [2.45, 2.75) is 6.10 Å². The molecule has 1 unspecified atom stereocenters. The first-order valence-corrected chi connectivity index (χ1v) is 6.70. The number of nitrogens with zero attached hydrogens (tertiary/aromatic N) is 2. The molecule has 6 heteroatoms. The molecule has 2 heterocycles. The average molecular weight is 284 g/mol. The zero-order chi connectivity index (χ0) is 14.7. The standard InChI is InChI=1S/C15H16N4O2/c20-9-11(21)8-17-10-4-5-12-14(7-10)19-15(18-12)13-3-1-2-6-16-13/h1-7,11,17,20-21H,8-9H2,(H,18,19). The molecule has 4 N–H and O–H groups in total. The molecule has 3 rings (SSSR count). The molecule has 0 saturated carbocycles. The van der Waals surface area contributed by atoms with Crippen LogP contribution in [0.15, 0.2) is 42.6 Å². The van der Waals surface area contributed by atoms with E-state index >= 15 is 0 Å². The number of fused-ring (bicyclic) bond motifs is 1. The minimum atomic E-state index is -0.772. The van der Waals surface area contributed by atoms with Gasteiger partial charge in [-0.1, -0.05) is 6.07 Å². The molecule has 1 aromatic carbocycles. The van der Waals surface area contributed by atoms with Crippen LogP contribution in [0.1, 0.15) is 0 Å². The van der Waals surface area contributed by atoms with Crippen LogP contribution >= 0.6 is 0 Å². The first-order valence-electron chi connectivity index (χ1n) is 6.70. The quantitative estimate of drug-likeness (QED) is 0.568. The Bertz CT molecular complexity index is 727. The van der Waals surface area contributed by atoms with Crippen LogP contribution in [0.3, 0.4) is 0 Å². The Labute approximate surface area is 121 Å². The molecule has 2 aromatic heterocycles. The highest BCUT2D eigenvalue weighted by molar-refractivity contribution is 5.82. The number of benzene rings is 1. The van der Waals surface area contributed by atoms with Crippen molar-refractivity contribution >= 4 is 16.7 Å². The van der Waals surface area contributed by atoms with E-state index < -0.39 is 6.10 Å². The number of rotatable bonds is 5. The molecule has 0 bridgehead atoms. The van der Waals surface area contributed by atoms with E-state index in [1.54, 1.807) is 6.20 Å². The van der Waals surface area contributed by atoms with Crippen LogP contribution in [0.25, 0.3) is 22.6 Å². The zero-order valence-electron chi connectivity index (χ0n) is 11.3. The highest BCUT2D eigenvalue weighted by Gasteiger charge is 2.07. The Morgan fingerprint density at radius 3 is 2.90 bits per heavy atom. The van der Waals surface area contributed by atoms with E-state index in [1.165, 1.54) is 0 Å². The van der Waals surface area contributed by atoms with Gasteiger partial charge in [0.25, 0.3) is 0 Å². The number of aromatic nitrogens is 3. The van der Waals surface area contributed by atoms with Gasteiger partial charge in [-0.05, 0) is 30.3 Å². The van der Waals surface area contributed by atoms with E-state index in [9.17, 15) is 5.11 Å². The number of aliphatic hydroxyl groups is 2. The highest BCUT2D eigenvalue weighted by Crippen LogP contribution is 2.21. The van der Waals surface area contributed by atoms with Crippen LogP contribution in [-0.4, -0.2) is 44.4 Å². The summed E-state index contributed by atoms with van der Waals surface area (Å²) in [5.74, 6) is 0.721. The van der Waals surface area contributed by atoms with Crippen molar-refractivity contribution in [2.75, 3.05) is 18.5 Å². The predicted molar refractivity (Wildman–Crippen MR) is 80.9 cm³/mol. The lowest BCUT2D eigenvalue weighted by Gasteiger charge is -2.09. The third-order valence-corrected chi connectivity index (χ3v) is 3.14. The number of H-pyrrole nitrogens is 1. The van der Waals surface area contributed by atoms with Crippen LogP contribution in [0.4, 0.5) is 5.69 Å². The SMILES string of the molecule is OCC(O)CNc1ccc2nc(-c3ccccn3)[nH]c2c1. The molecule has 0 amide bonds.